The first-order valence-corrected chi connectivity index (χ1v) is 5.57. The van der Waals surface area contributed by atoms with Gasteiger partial charge in [0.2, 0.25) is 0 Å². The summed E-state index contributed by atoms with van der Waals surface area (Å²) in [6.45, 7) is 11.0. The van der Waals surface area contributed by atoms with Gasteiger partial charge in [-0.2, -0.15) is 0 Å². The van der Waals surface area contributed by atoms with Crippen LogP contribution >= 0.6 is 0 Å². The van der Waals surface area contributed by atoms with E-state index in [-0.39, 0.29) is 11.2 Å². The summed E-state index contributed by atoms with van der Waals surface area (Å²) in [5.74, 6) is -0.411. The van der Waals surface area contributed by atoms with Gasteiger partial charge in [-0.1, -0.05) is 6.58 Å². The fourth-order valence-corrected chi connectivity index (χ4v) is 2.61. The van der Waals surface area contributed by atoms with Crippen molar-refractivity contribution in [3.63, 3.8) is 0 Å². The number of carbonyl (C=O) groups excluding carboxylic acids is 1. The Morgan fingerprint density at radius 3 is 2.19 bits per heavy atom. The highest BCUT2D eigenvalue weighted by molar-refractivity contribution is 5.81. The summed E-state index contributed by atoms with van der Waals surface area (Å²) >= 11 is 0. The van der Waals surface area contributed by atoms with Crippen LogP contribution in [0.3, 0.4) is 0 Å². The molecule has 0 aromatic rings. The van der Waals surface area contributed by atoms with Gasteiger partial charge in [-0.3, -0.25) is 0 Å². The van der Waals surface area contributed by atoms with Gasteiger partial charge in [-0.25, -0.2) is 4.79 Å². The molecule has 0 saturated carbocycles. The van der Waals surface area contributed by atoms with E-state index >= 15 is 0 Å². The number of hydrogen-bond donors (Lipinski definition) is 1. The molecule has 1 saturated heterocycles. The van der Waals surface area contributed by atoms with Crippen molar-refractivity contribution in [3.8, 4) is 0 Å². The van der Waals surface area contributed by atoms with Crippen LogP contribution in [-0.4, -0.2) is 23.2 Å². The highest BCUT2D eigenvalue weighted by Crippen LogP contribution is 2.25. The average molecular weight is 227 g/mol. The molecule has 92 valence electrons. The third kappa shape index (κ3) is 2.62. The van der Waals surface area contributed by atoms with Crippen LogP contribution in [0.4, 0.5) is 0 Å². The predicted octanol–water partition coefficient (Wildman–Crippen LogP) is 0.818. The van der Waals surface area contributed by atoms with Gasteiger partial charge in [-0.05, 0) is 27.7 Å². The largest absolute Gasteiger partial charge is 0.634 e. The summed E-state index contributed by atoms with van der Waals surface area (Å²) in [6.07, 6.45) is 2.16. The maximum Gasteiger partial charge on any atom is 0.330 e. The number of esters is 1. The van der Waals surface area contributed by atoms with Gasteiger partial charge in [0.15, 0.2) is 0 Å². The molecule has 0 unspecified atom stereocenters. The van der Waals surface area contributed by atoms with E-state index in [1.54, 1.807) is 0 Å². The first kappa shape index (κ1) is 13.2. The van der Waals surface area contributed by atoms with Gasteiger partial charge >= 0.3 is 5.97 Å². The molecule has 0 aliphatic carbocycles. The summed E-state index contributed by atoms with van der Waals surface area (Å²) in [4.78, 5) is 11.2. The molecule has 4 heteroatoms. The summed E-state index contributed by atoms with van der Waals surface area (Å²) in [5, 5.41) is 12.4. The molecule has 0 bridgehead atoms. The number of ether oxygens (including phenoxy) is 1. The highest BCUT2D eigenvalue weighted by atomic mass is 16.5. The van der Waals surface area contributed by atoms with Crippen molar-refractivity contribution in [2.24, 2.45) is 0 Å². The fourth-order valence-electron chi connectivity index (χ4n) is 2.61. The zero-order valence-corrected chi connectivity index (χ0v) is 10.5. The normalized spacial score (nSPS) is 31.8. The molecule has 1 heterocycles. The molecule has 0 amide bonds. The van der Waals surface area contributed by atoms with E-state index in [9.17, 15) is 10.0 Å². The molecule has 1 aliphatic heterocycles. The molecule has 0 spiro atoms. The Labute approximate surface area is 96.8 Å². The Hall–Kier alpha value is -0.870. The van der Waals surface area contributed by atoms with E-state index < -0.39 is 17.0 Å². The lowest BCUT2D eigenvalue weighted by Crippen LogP contribution is -3.23. The van der Waals surface area contributed by atoms with E-state index in [2.05, 4.69) is 6.58 Å². The van der Waals surface area contributed by atoms with Crippen LogP contribution in [0.1, 0.15) is 40.5 Å². The van der Waals surface area contributed by atoms with Crippen LogP contribution in [0.2, 0.25) is 0 Å². The van der Waals surface area contributed by atoms with Gasteiger partial charge in [-0.15, -0.1) is 0 Å². The first-order valence-electron chi connectivity index (χ1n) is 5.57. The number of nitrogens with one attached hydrogen (secondary N) is 1. The number of hydroxylamine groups is 2. The Bertz CT molecular complexity index is 279. The Morgan fingerprint density at radius 1 is 1.38 bits per heavy atom. The van der Waals surface area contributed by atoms with E-state index in [0.29, 0.717) is 12.8 Å². The zero-order valence-electron chi connectivity index (χ0n) is 10.5. The fraction of sp³-hybridized carbons (Fsp3) is 0.750. The van der Waals surface area contributed by atoms with Crippen LogP contribution < -0.4 is 5.06 Å². The maximum atomic E-state index is 12.1. The third-order valence-electron chi connectivity index (χ3n) is 3.15. The van der Waals surface area contributed by atoms with Gasteiger partial charge in [0.1, 0.15) is 6.10 Å². The summed E-state index contributed by atoms with van der Waals surface area (Å²) in [7, 11) is 0. The molecule has 0 radical (unpaired) electrons. The molecule has 1 aliphatic rings. The van der Waals surface area contributed by atoms with Crippen molar-refractivity contribution >= 4 is 5.97 Å². The summed E-state index contributed by atoms with van der Waals surface area (Å²) in [6, 6.07) is 0. The number of rotatable bonds is 2. The zero-order chi connectivity index (χ0) is 12.6. The van der Waals surface area contributed by atoms with Gasteiger partial charge in [0, 0.05) is 18.9 Å². The monoisotopic (exact) mass is 227 g/mol. The molecule has 16 heavy (non-hydrogen) atoms. The number of carbonyl (C=O) groups is 1. The standard InChI is InChI=1S/C12H21NO3/c1-6-10(14)16-9-7-11(2,3)13(15)12(4,5)8-9/h6,9,13H,1,7-8H2,2-5H3. The van der Waals surface area contributed by atoms with Gasteiger partial charge in [0.25, 0.3) is 0 Å². The van der Waals surface area contributed by atoms with Crippen LogP contribution in [0.5, 0.6) is 0 Å². The van der Waals surface area contributed by atoms with Crippen molar-refractivity contribution in [3.05, 3.63) is 17.9 Å². The second-order valence-corrected chi connectivity index (χ2v) is 5.77. The minimum atomic E-state index is -0.423. The quantitative estimate of drug-likeness (QED) is 0.431. The number of hydrogen-bond acceptors (Lipinski definition) is 3. The van der Waals surface area contributed by atoms with Crippen molar-refractivity contribution in [1.29, 1.82) is 0 Å². The number of piperidine rings is 1. The van der Waals surface area contributed by atoms with Gasteiger partial charge < -0.3 is 15.0 Å². The second kappa shape index (κ2) is 4.18. The lowest BCUT2D eigenvalue weighted by Gasteiger charge is -2.54. The lowest BCUT2D eigenvalue weighted by molar-refractivity contribution is -0.956. The Morgan fingerprint density at radius 2 is 1.81 bits per heavy atom. The molecule has 0 atom stereocenters. The Kier molecular flexibility index (Phi) is 3.45. The summed E-state index contributed by atoms with van der Waals surface area (Å²) in [5.41, 5.74) is -0.846. The molecule has 1 fully saturated rings. The minimum Gasteiger partial charge on any atom is -0.634 e. The van der Waals surface area contributed by atoms with Crippen LogP contribution in [0.25, 0.3) is 0 Å². The molecule has 1 rings (SSSR count). The van der Waals surface area contributed by atoms with Gasteiger partial charge in [0.05, 0.1) is 11.1 Å². The predicted molar refractivity (Wildman–Crippen MR) is 61.8 cm³/mol. The first-order chi connectivity index (χ1) is 7.19. The van der Waals surface area contributed by atoms with E-state index in [1.165, 1.54) is 0 Å². The molecule has 4 nitrogen and oxygen atoms in total. The molecular formula is C12H21NO3. The second-order valence-electron chi connectivity index (χ2n) is 5.77. The average Bonchev–Trinajstić information content (AvgIpc) is 2.13. The van der Waals surface area contributed by atoms with Crippen molar-refractivity contribution in [2.75, 3.05) is 0 Å². The van der Waals surface area contributed by atoms with E-state index in [1.807, 2.05) is 27.7 Å². The molecule has 0 aromatic carbocycles. The maximum absolute atomic E-state index is 12.1. The topological polar surface area (TPSA) is 53.8 Å². The van der Waals surface area contributed by atoms with Crippen LogP contribution in [-0.2, 0) is 9.53 Å². The highest BCUT2D eigenvalue weighted by Gasteiger charge is 2.46. The lowest BCUT2D eigenvalue weighted by atomic mass is 9.80. The summed E-state index contributed by atoms with van der Waals surface area (Å²) < 4.78 is 5.25. The van der Waals surface area contributed by atoms with Crippen molar-refractivity contribution in [2.45, 2.75) is 57.7 Å². The number of quaternary nitrogens is 1. The third-order valence-corrected chi connectivity index (χ3v) is 3.15. The minimum absolute atomic E-state index is 0.187. The van der Waals surface area contributed by atoms with Crippen molar-refractivity contribution in [1.82, 2.24) is 0 Å². The van der Waals surface area contributed by atoms with Crippen LogP contribution in [0, 0.1) is 5.21 Å². The van der Waals surface area contributed by atoms with E-state index in [0.717, 1.165) is 6.08 Å². The Balaban J connectivity index is 2.78. The van der Waals surface area contributed by atoms with Crippen LogP contribution in [0.15, 0.2) is 12.7 Å². The molecule has 0 aromatic heterocycles. The van der Waals surface area contributed by atoms with Crippen molar-refractivity contribution < 1.29 is 14.6 Å². The molecular weight excluding hydrogens is 206 g/mol. The van der Waals surface area contributed by atoms with E-state index in [4.69, 9.17) is 4.74 Å². The SMILES string of the molecule is C=CC(=O)OC1CC(C)(C)[NH+]([O-])C(C)(C)C1. The smallest absolute Gasteiger partial charge is 0.330 e. The molecule has 1 N–H and O–H groups in total.